The van der Waals surface area contributed by atoms with Crippen LogP contribution in [0.1, 0.15) is 23.2 Å². The number of nitrogens with zero attached hydrogens (tertiary/aromatic N) is 2. The predicted molar refractivity (Wildman–Crippen MR) is 101 cm³/mol. The van der Waals surface area contributed by atoms with E-state index in [0.29, 0.717) is 31.7 Å². The first-order valence-corrected chi connectivity index (χ1v) is 9.28. The van der Waals surface area contributed by atoms with Crippen LogP contribution in [0.4, 0.5) is 0 Å². The highest BCUT2D eigenvalue weighted by atomic mass is 16.5. The Labute approximate surface area is 158 Å². The molecule has 1 aromatic carbocycles. The first-order valence-electron chi connectivity index (χ1n) is 9.28. The molecule has 2 aliphatic rings. The molecule has 27 heavy (non-hydrogen) atoms. The highest BCUT2D eigenvalue weighted by molar-refractivity contribution is 6.07. The smallest absolute Gasteiger partial charge is 0.256 e. The minimum atomic E-state index is -0.341. The molecule has 0 bridgehead atoms. The Hall–Kier alpha value is -2.38. The van der Waals surface area contributed by atoms with Crippen molar-refractivity contribution in [1.29, 1.82) is 0 Å². The van der Waals surface area contributed by atoms with E-state index in [9.17, 15) is 9.59 Å². The Morgan fingerprint density at radius 3 is 2.89 bits per heavy atom. The summed E-state index contributed by atoms with van der Waals surface area (Å²) in [6, 6.07) is 7.80. The zero-order chi connectivity index (χ0) is 19.0. The Morgan fingerprint density at radius 1 is 1.33 bits per heavy atom. The average Bonchev–Trinajstić information content (AvgIpc) is 3.07. The molecule has 1 spiro atoms. The highest BCUT2D eigenvalue weighted by Crippen LogP contribution is 2.36. The zero-order valence-electron chi connectivity index (χ0n) is 15.7. The highest BCUT2D eigenvalue weighted by Gasteiger charge is 2.50. The van der Waals surface area contributed by atoms with Crippen molar-refractivity contribution in [1.82, 2.24) is 14.8 Å². The third-order valence-corrected chi connectivity index (χ3v) is 5.45. The molecule has 1 aromatic heterocycles. The van der Waals surface area contributed by atoms with Crippen molar-refractivity contribution in [2.75, 3.05) is 40.4 Å². The number of aromatic amines is 1. The minimum absolute atomic E-state index is 0.00649. The van der Waals surface area contributed by atoms with Gasteiger partial charge in [-0.05, 0) is 12.5 Å². The third kappa shape index (κ3) is 3.44. The van der Waals surface area contributed by atoms with E-state index in [1.165, 1.54) is 4.90 Å². The molecule has 2 aromatic rings. The van der Waals surface area contributed by atoms with Gasteiger partial charge in [-0.2, -0.15) is 0 Å². The van der Waals surface area contributed by atoms with Crippen LogP contribution >= 0.6 is 0 Å². The number of nitrogens with one attached hydrogen (secondary N) is 1. The van der Waals surface area contributed by atoms with Gasteiger partial charge in [-0.1, -0.05) is 18.2 Å². The summed E-state index contributed by atoms with van der Waals surface area (Å²) in [4.78, 5) is 31.1. The maximum absolute atomic E-state index is 12.9. The number of benzene rings is 1. The van der Waals surface area contributed by atoms with E-state index in [1.807, 2.05) is 29.2 Å². The van der Waals surface area contributed by atoms with E-state index in [2.05, 4.69) is 4.98 Å². The number of likely N-dealkylation sites (tertiary alicyclic amines) is 1. The van der Waals surface area contributed by atoms with Crippen molar-refractivity contribution in [3.63, 3.8) is 0 Å². The van der Waals surface area contributed by atoms with Crippen molar-refractivity contribution in [3.8, 4) is 0 Å². The quantitative estimate of drug-likeness (QED) is 0.887. The molecule has 0 unspecified atom stereocenters. The fourth-order valence-electron chi connectivity index (χ4n) is 3.88. The van der Waals surface area contributed by atoms with Crippen molar-refractivity contribution in [2.45, 2.75) is 24.5 Å². The van der Waals surface area contributed by atoms with Crippen LogP contribution in [0.3, 0.4) is 0 Å². The Kier molecular flexibility index (Phi) is 4.65. The van der Waals surface area contributed by atoms with Gasteiger partial charge in [0.2, 0.25) is 5.91 Å². The first-order chi connectivity index (χ1) is 13.0. The maximum atomic E-state index is 12.9. The summed E-state index contributed by atoms with van der Waals surface area (Å²) in [5.41, 5.74) is 1.32. The topological polar surface area (TPSA) is 74.9 Å². The summed E-state index contributed by atoms with van der Waals surface area (Å²) >= 11 is 0. The SMILES string of the molecule is CN(C)C(=O)CO[C@@H]1CCOC2(C1)CN(C(=O)c1c[nH]c3ccccc13)C2. The van der Waals surface area contributed by atoms with E-state index in [4.69, 9.17) is 9.47 Å². The van der Waals surface area contributed by atoms with Gasteiger partial charge in [-0.25, -0.2) is 0 Å². The molecule has 2 saturated heterocycles. The lowest BCUT2D eigenvalue weighted by Gasteiger charge is -2.52. The van der Waals surface area contributed by atoms with Crippen LogP contribution in [0.2, 0.25) is 0 Å². The number of carbonyl (C=O) groups excluding carboxylic acids is 2. The lowest BCUT2D eigenvalue weighted by atomic mass is 9.84. The van der Waals surface area contributed by atoms with Crippen LogP contribution in [0.5, 0.6) is 0 Å². The Balaban J connectivity index is 1.36. The fourth-order valence-corrected chi connectivity index (χ4v) is 3.88. The molecule has 0 radical (unpaired) electrons. The number of rotatable bonds is 4. The van der Waals surface area contributed by atoms with Gasteiger partial charge in [0.1, 0.15) is 12.2 Å². The molecule has 7 nitrogen and oxygen atoms in total. The van der Waals surface area contributed by atoms with Gasteiger partial charge in [0, 0.05) is 44.2 Å². The van der Waals surface area contributed by atoms with Gasteiger partial charge < -0.3 is 24.3 Å². The van der Waals surface area contributed by atoms with Gasteiger partial charge in [-0.3, -0.25) is 9.59 Å². The fraction of sp³-hybridized carbons (Fsp3) is 0.500. The summed E-state index contributed by atoms with van der Waals surface area (Å²) in [5.74, 6) is -0.0206. The maximum Gasteiger partial charge on any atom is 0.256 e. The zero-order valence-corrected chi connectivity index (χ0v) is 15.7. The molecular formula is C20H25N3O4. The summed E-state index contributed by atoms with van der Waals surface area (Å²) in [6.45, 7) is 1.81. The summed E-state index contributed by atoms with van der Waals surface area (Å²) in [5, 5.41) is 0.941. The van der Waals surface area contributed by atoms with Crippen LogP contribution in [-0.4, -0.2) is 78.7 Å². The molecule has 144 valence electrons. The van der Waals surface area contributed by atoms with Gasteiger partial charge in [-0.15, -0.1) is 0 Å². The summed E-state index contributed by atoms with van der Waals surface area (Å²) in [7, 11) is 3.44. The molecule has 7 heteroatoms. The minimum Gasteiger partial charge on any atom is -0.371 e. The van der Waals surface area contributed by atoms with E-state index in [0.717, 1.165) is 17.3 Å². The van der Waals surface area contributed by atoms with E-state index < -0.39 is 0 Å². The van der Waals surface area contributed by atoms with Crippen molar-refractivity contribution in [3.05, 3.63) is 36.0 Å². The number of hydrogen-bond acceptors (Lipinski definition) is 4. The van der Waals surface area contributed by atoms with Crippen molar-refractivity contribution < 1.29 is 19.1 Å². The van der Waals surface area contributed by atoms with E-state index in [-0.39, 0.29) is 30.1 Å². The molecule has 0 aliphatic carbocycles. The van der Waals surface area contributed by atoms with Crippen LogP contribution < -0.4 is 0 Å². The second-order valence-electron chi connectivity index (χ2n) is 7.65. The molecule has 0 saturated carbocycles. The van der Waals surface area contributed by atoms with Gasteiger partial charge in [0.05, 0.1) is 24.8 Å². The van der Waals surface area contributed by atoms with Gasteiger partial charge >= 0.3 is 0 Å². The Bertz CT molecular complexity index is 854. The normalized spacial score (nSPS) is 21.3. The molecule has 2 fully saturated rings. The standard InChI is InChI=1S/C20H25N3O4/c1-22(2)18(24)11-26-14-7-8-27-20(9-14)12-23(13-20)19(25)16-10-21-17-6-4-3-5-15(16)17/h3-6,10,14,21H,7-9,11-13H2,1-2H3/t14-/m1/s1. The predicted octanol–water partition coefficient (Wildman–Crippen LogP) is 1.65. The largest absolute Gasteiger partial charge is 0.371 e. The van der Waals surface area contributed by atoms with Crippen LogP contribution in [0, 0.1) is 0 Å². The number of aromatic nitrogens is 1. The summed E-state index contributed by atoms with van der Waals surface area (Å²) in [6.07, 6.45) is 3.26. The van der Waals surface area contributed by atoms with Crippen LogP contribution in [0.15, 0.2) is 30.5 Å². The van der Waals surface area contributed by atoms with Gasteiger partial charge in [0.25, 0.3) is 5.91 Å². The molecular weight excluding hydrogens is 346 g/mol. The Morgan fingerprint density at radius 2 is 2.11 bits per heavy atom. The molecule has 1 atom stereocenters. The lowest BCUT2D eigenvalue weighted by molar-refractivity contribution is -0.188. The average molecular weight is 371 g/mol. The number of ether oxygens (including phenoxy) is 2. The number of fused-ring (bicyclic) bond motifs is 1. The van der Waals surface area contributed by atoms with E-state index in [1.54, 1.807) is 20.3 Å². The monoisotopic (exact) mass is 371 g/mol. The molecule has 2 amide bonds. The van der Waals surface area contributed by atoms with Crippen molar-refractivity contribution in [2.24, 2.45) is 0 Å². The molecule has 2 aliphatic heterocycles. The third-order valence-electron chi connectivity index (χ3n) is 5.45. The number of carbonyl (C=O) groups is 2. The number of hydrogen-bond donors (Lipinski definition) is 1. The van der Waals surface area contributed by atoms with Crippen LogP contribution in [-0.2, 0) is 14.3 Å². The molecule has 1 N–H and O–H groups in total. The molecule has 3 heterocycles. The van der Waals surface area contributed by atoms with Crippen molar-refractivity contribution >= 4 is 22.7 Å². The molecule has 4 rings (SSSR count). The number of para-hydroxylation sites is 1. The summed E-state index contributed by atoms with van der Waals surface area (Å²) < 4.78 is 11.8. The lowest BCUT2D eigenvalue weighted by Crippen LogP contribution is -2.67. The number of H-pyrrole nitrogens is 1. The number of amides is 2. The first kappa shape index (κ1) is 18.0. The van der Waals surface area contributed by atoms with Gasteiger partial charge in [0.15, 0.2) is 0 Å². The van der Waals surface area contributed by atoms with Crippen LogP contribution in [0.25, 0.3) is 10.9 Å². The van der Waals surface area contributed by atoms with E-state index >= 15 is 0 Å². The second kappa shape index (κ2) is 6.98. The second-order valence-corrected chi connectivity index (χ2v) is 7.65. The number of likely N-dealkylation sites (N-methyl/N-ethyl adjacent to an activating group) is 1.